The number of thiazole rings is 1. The van der Waals surface area contributed by atoms with E-state index in [2.05, 4.69) is 10.3 Å². The minimum absolute atomic E-state index is 0.172. The molecule has 1 saturated carbocycles. The molecule has 6 nitrogen and oxygen atoms in total. The second kappa shape index (κ2) is 4.24. The van der Waals surface area contributed by atoms with Crippen molar-refractivity contribution >= 4 is 23.2 Å². The molecule has 98 valence electrons. The summed E-state index contributed by atoms with van der Waals surface area (Å²) in [4.78, 5) is 36.1. The molecule has 1 aromatic heterocycles. The van der Waals surface area contributed by atoms with Crippen molar-refractivity contribution < 1.29 is 14.7 Å². The average Bonchev–Trinajstić information content (AvgIpc) is 2.63. The first-order valence-corrected chi connectivity index (χ1v) is 6.39. The summed E-state index contributed by atoms with van der Waals surface area (Å²) in [5.74, 6) is -2.34. The van der Waals surface area contributed by atoms with Crippen LogP contribution in [0.3, 0.4) is 0 Å². The second-order valence-corrected chi connectivity index (χ2v) is 5.85. The molecule has 1 fully saturated rings. The number of aromatic nitrogens is 1. The topological polar surface area (TPSA) is 99.3 Å². The first-order chi connectivity index (χ1) is 8.34. The van der Waals surface area contributed by atoms with Gasteiger partial charge in [-0.3, -0.25) is 14.4 Å². The molecule has 2 atom stereocenters. The monoisotopic (exact) mass is 270 g/mol. The second-order valence-electron chi connectivity index (χ2n) is 5.01. The molecular weight excluding hydrogens is 256 g/mol. The fraction of sp³-hybridized carbons (Fsp3) is 0.545. The number of carbonyl (C=O) groups is 2. The third kappa shape index (κ3) is 2.17. The van der Waals surface area contributed by atoms with Crippen LogP contribution in [0.1, 0.15) is 19.5 Å². The standard InChI is InChI=1S/C11H14N2O4S/c1-11(2)6(7(11)9(15)16)8(14)12-3-5-4-18-10(17)13-5/h4,6-7H,3H2,1-2H3,(H,12,14)(H,13,17)(H,15,16). The molecule has 18 heavy (non-hydrogen) atoms. The fourth-order valence-electron chi connectivity index (χ4n) is 2.28. The first-order valence-electron chi connectivity index (χ1n) is 5.51. The Balaban J connectivity index is 1.94. The van der Waals surface area contributed by atoms with E-state index in [1.165, 1.54) is 0 Å². The van der Waals surface area contributed by atoms with Gasteiger partial charge < -0.3 is 15.4 Å². The lowest BCUT2D eigenvalue weighted by atomic mass is 10.1. The molecule has 2 unspecified atom stereocenters. The third-order valence-electron chi connectivity index (χ3n) is 3.40. The lowest BCUT2D eigenvalue weighted by Crippen LogP contribution is -2.27. The summed E-state index contributed by atoms with van der Waals surface area (Å²) in [7, 11) is 0. The molecule has 0 aromatic carbocycles. The zero-order valence-electron chi connectivity index (χ0n) is 10.0. The maximum Gasteiger partial charge on any atom is 0.307 e. The number of hydrogen-bond donors (Lipinski definition) is 3. The predicted molar refractivity (Wildman–Crippen MR) is 65.2 cm³/mol. The Labute approximate surface area is 107 Å². The molecule has 7 heteroatoms. The van der Waals surface area contributed by atoms with Crippen LogP contribution in [-0.4, -0.2) is 22.0 Å². The van der Waals surface area contributed by atoms with Crippen molar-refractivity contribution in [2.75, 3.05) is 0 Å². The van der Waals surface area contributed by atoms with Crippen LogP contribution < -0.4 is 10.2 Å². The number of hydrogen-bond acceptors (Lipinski definition) is 4. The summed E-state index contributed by atoms with van der Waals surface area (Å²) in [5, 5.41) is 13.3. The minimum Gasteiger partial charge on any atom is -0.481 e. The van der Waals surface area contributed by atoms with E-state index in [1.807, 2.05) is 0 Å². The lowest BCUT2D eigenvalue weighted by Gasteiger charge is -2.04. The van der Waals surface area contributed by atoms with Crippen LogP contribution in [0.25, 0.3) is 0 Å². The molecule has 0 spiro atoms. The molecule has 3 N–H and O–H groups in total. The van der Waals surface area contributed by atoms with E-state index in [0.717, 1.165) is 11.3 Å². The zero-order valence-corrected chi connectivity index (χ0v) is 10.8. The molecular formula is C11H14N2O4S. The summed E-state index contributed by atoms with van der Waals surface area (Å²) in [6.07, 6.45) is 0. The van der Waals surface area contributed by atoms with Crippen molar-refractivity contribution in [1.82, 2.24) is 10.3 Å². The number of carboxylic acid groups (broad SMARTS) is 1. The van der Waals surface area contributed by atoms with E-state index in [9.17, 15) is 14.4 Å². The van der Waals surface area contributed by atoms with E-state index in [0.29, 0.717) is 5.69 Å². The van der Waals surface area contributed by atoms with Crippen molar-refractivity contribution in [1.29, 1.82) is 0 Å². The van der Waals surface area contributed by atoms with Gasteiger partial charge >= 0.3 is 10.8 Å². The normalized spacial score (nSPS) is 24.6. The van der Waals surface area contributed by atoms with Gasteiger partial charge in [0.05, 0.1) is 18.4 Å². The van der Waals surface area contributed by atoms with Crippen LogP contribution in [0.2, 0.25) is 0 Å². The molecule has 1 aromatic rings. The minimum atomic E-state index is -0.941. The maximum atomic E-state index is 11.9. The van der Waals surface area contributed by atoms with E-state index in [4.69, 9.17) is 5.11 Å². The van der Waals surface area contributed by atoms with Crippen molar-refractivity contribution in [2.24, 2.45) is 17.3 Å². The first kappa shape index (κ1) is 12.8. The predicted octanol–water partition coefficient (Wildman–Crippen LogP) is 0.409. The van der Waals surface area contributed by atoms with Crippen LogP contribution in [0.5, 0.6) is 0 Å². The highest BCUT2D eigenvalue weighted by molar-refractivity contribution is 7.07. The molecule has 0 radical (unpaired) electrons. The average molecular weight is 270 g/mol. The Hall–Kier alpha value is -1.63. The summed E-state index contributed by atoms with van der Waals surface area (Å²) in [6.45, 7) is 3.75. The quantitative estimate of drug-likeness (QED) is 0.737. The number of amides is 1. The Morgan fingerprint density at radius 2 is 2.17 bits per heavy atom. The molecule has 1 amide bonds. The largest absolute Gasteiger partial charge is 0.481 e. The number of rotatable bonds is 4. The summed E-state index contributed by atoms with van der Waals surface area (Å²) in [5.41, 5.74) is 0.126. The summed E-state index contributed by atoms with van der Waals surface area (Å²) < 4.78 is 0. The van der Waals surface area contributed by atoms with Gasteiger partial charge in [0.1, 0.15) is 0 Å². The highest BCUT2D eigenvalue weighted by Gasteiger charge is 2.65. The zero-order chi connectivity index (χ0) is 13.5. The van der Waals surface area contributed by atoms with Crippen LogP contribution in [0.15, 0.2) is 10.2 Å². The van der Waals surface area contributed by atoms with Gasteiger partial charge in [-0.25, -0.2) is 0 Å². The highest BCUT2D eigenvalue weighted by Crippen LogP contribution is 2.58. The van der Waals surface area contributed by atoms with Gasteiger partial charge in [0.25, 0.3) is 0 Å². The van der Waals surface area contributed by atoms with Crippen molar-refractivity contribution in [2.45, 2.75) is 20.4 Å². The molecule has 1 aliphatic rings. The highest BCUT2D eigenvalue weighted by atomic mass is 32.1. The van der Waals surface area contributed by atoms with E-state index in [-0.39, 0.29) is 17.3 Å². The van der Waals surface area contributed by atoms with Gasteiger partial charge in [-0.1, -0.05) is 25.2 Å². The van der Waals surface area contributed by atoms with E-state index >= 15 is 0 Å². The Morgan fingerprint density at radius 3 is 2.61 bits per heavy atom. The summed E-state index contributed by atoms with van der Waals surface area (Å²) in [6, 6.07) is 0. The number of nitrogens with one attached hydrogen (secondary N) is 2. The fourth-order valence-corrected chi connectivity index (χ4v) is 2.86. The van der Waals surface area contributed by atoms with Gasteiger partial charge in [-0.15, -0.1) is 0 Å². The molecule has 1 heterocycles. The Bertz CT molecular complexity index is 545. The third-order valence-corrected chi connectivity index (χ3v) is 4.12. The lowest BCUT2D eigenvalue weighted by molar-refractivity contribution is -0.140. The molecule has 2 rings (SSSR count). The van der Waals surface area contributed by atoms with Crippen molar-refractivity contribution in [3.63, 3.8) is 0 Å². The van der Waals surface area contributed by atoms with Gasteiger partial charge in [0.15, 0.2) is 0 Å². The Kier molecular flexibility index (Phi) is 3.02. The Morgan fingerprint density at radius 1 is 1.50 bits per heavy atom. The molecule has 0 aliphatic heterocycles. The van der Waals surface area contributed by atoms with Gasteiger partial charge in [0, 0.05) is 11.1 Å². The van der Waals surface area contributed by atoms with E-state index in [1.54, 1.807) is 19.2 Å². The van der Waals surface area contributed by atoms with Gasteiger partial charge in [-0.2, -0.15) is 0 Å². The number of carbonyl (C=O) groups excluding carboxylic acids is 1. The van der Waals surface area contributed by atoms with Crippen LogP contribution in [0, 0.1) is 17.3 Å². The van der Waals surface area contributed by atoms with Crippen molar-refractivity contribution in [3.05, 3.63) is 20.7 Å². The summed E-state index contributed by atoms with van der Waals surface area (Å²) >= 11 is 1.03. The molecule has 1 aliphatic carbocycles. The van der Waals surface area contributed by atoms with Gasteiger partial charge in [-0.05, 0) is 5.41 Å². The van der Waals surface area contributed by atoms with E-state index < -0.39 is 23.2 Å². The van der Waals surface area contributed by atoms with Crippen molar-refractivity contribution in [3.8, 4) is 0 Å². The number of aromatic amines is 1. The number of carboxylic acids is 1. The van der Waals surface area contributed by atoms with Crippen LogP contribution >= 0.6 is 11.3 Å². The molecule has 0 bridgehead atoms. The smallest absolute Gasteiger partial charge is 0.307 e. The van der Waals surface area contributed by atoms with Crippen LogP contribution in [-0.2, 0) is 16.1 Å². The molecule has 0 saturated heterocycles. The number of H-pyrrole nitrogens is 1. The van der Waals surface area contributed by atoms with Gasteiger partial charge in [0.2, 0.25) is 5.91 Å². The number of aliphatic carboxylic acids is 1. The maximum absolute atomic E-state index is 11.9. The SMILES string of the molecule is CC1(C)C(C(=O)O)C1C(=O)NCc1csc(=O)[nH]1. The van der Waals surface area contributed by atoms with Crippen LogP contribution in [0.4, 0.5) is 0 Å².